The standard InChI is InChI=1S/C20H19F3N4O3S2/c1-10-5-6-14(29-2)13(7-10)25-15-8-12(11(9-24-15)20(21,22)23)26-17-16(18(28)30-3)32-19(27-17)31-4/h5-9H,1-4H3,(H2,24,25,26). The van der Waals surface area contributed by atoms with Gasteiger partial charge in [0.15, 0.2) is 15.0 Å². The minimum atomic E-state index is -4.68. The molecular formula is C20H19F3N4O3S2. The van der Waals surface area contributed by atoms with Gasteiger partial charge in [0.1, 0.15) is 11.6 Å². The van der Waals surface area contributed by atoms with Gasteiger partial charge in [0.2, 0.25) is 0 Å². The molecular weight excluding hydrogens is 465 g/mol. The monoisotopic (exact) mass is 484 g/mol. The molecule has 0 saturated heterocycles. The number of anilines is 4. The Kier molecular flexibility index (Phi) is 7.14. The molecule has 0 spiro atoms. The van der Waals surface area contributed by atoms with Gasteiger partial charge >= 0.3 is 12.1 Å². The molecule has 170 valence electrons. The number of aromatic nitrogens is 2. The van der Waals surface area contributed by atoms with E-state index in [4.69, 9.17) is 9.47 Å². The molecule has 0 amide bonds. The van der Waals surface area contributed by atoms with E-state index in [-0.39, 0.29) is 22.2 Å². The maximum Gasteiger partial charge on any atom is 0.419 e. The molecule has 12 heteroatoms. The first-order valence-corrected chi connectivity index (χ1v) is 11.1. The summed E-state index contributed by atoms with van der Waals surface area (Å²) in [5.41, 5.74) is 0.145. The lowest BCUT2D eigenvalue weighted by Gasteiger charge is -2.16. The molecule has 1 aromatic carbocycles. The highest BCUT2D eigenvalue weighted by atomic mass is 32.2. The molecule has 7 nitrogen and oxygen atoms in total. The molecule has 0 aliphatic carbocycles. The van der Waals surface area contributed by atoms with Crippen molar-refractivity contribution < 1.29 is 27.4 Å². The summed E-state index contributed by atoms with van der Waals surface area (Å²) in [5.74, 6) is -0.0778. The van der Waals surface area contributed by atoms with E-state index in [9.17, 15) is 18.0 Å². The van der Waals surface area contributed by atoms with Gasteiger partial charge in [-0.05, 0) is 30.9 Å². The third-order valence-corrected chi connectivity index (χ3v) is 6.25. The number of rotatable bonds is 7. The Hall–Kier alpha value is -2.99. The third-order valence-electron chi connectivity index (χ3n) is 4.23. The normalized spacial score (nSPS) is 11.2. The van der Waals surface area contributed by atoms with Crippen molar-refractivity contribution in [3.8, 4) is 5.75 Å². The second-order valence-electron chi connectivity index (χ2n) is 6.42. The van der Waals surface area contributed by atoms with Crippen LogP contribution in [-0.2, 0) is 10.9 Å². The van der Waals surface area contributed by atoms with E-state index in [2.05, 4.69) is 20.6 Å². The first-order chi connectivity index (χ1) is 15.2. The fraction of sp³-hybridized carbons (Fsp3) is 0.250. The second-order valence-corrected chi connectivity index (χ2v) is 8.47. The van der Waals surface area contributed by atoms with Crippen LogP contribution in [0.5, 0.6) is 5.75 Å². The molecule has 2 aromatic heterocycles. The molecule has 0 bridgehead atoms. The molecule has 0 fully saturated rings. The van der Waals surface area contributed by atoms with Crippen molar-refractivity contribution in [2.24, 2.45) is 0 Å². The van der Waals surface area contributed by atoms with E-state index in [1.54, 1.807) is 18.4 Å². The van der Waals surface area contributed by atoms with Crippen LogP contribution in [-0.4, -0.2) is 36.4 Å². The smallest absolute Gasteiger partial charge is 0.419 e. The number of pyridine rings is 1. The van der Waals surface area contributed by atoms with E-state index >= 15 is 0 Å². The zero-order valence-corrected chi connectivity index (χ0v) is 19.1. The first kappa shape index (κ1) is 23.7. The van der Waals surface area contributed by atoms with Crippen LogP contribution in [0, 0.1) is 6.92 Å². The van der Waals surface area contributed by atoms with Crippen molar-refractivity contribution in [1.29, 1.82) is 0 Å². The Balaban J connectivity index is 2.04. The highest BCUT2D eigenvalue weighted by Gasteiger charge is 2.35. The summed E-state index contributed by atoms with van der Waals surface area (Å²) in [6.07, 6.45) is -2.22. The summed E-state index contributed by atoms with van der Waals surface area (Å²) in [7, 11) is 2.68. The summed E-state index contributed by atoms with van der Waals surface area (Å²) in [5, 5.41) is 5.61. The number of alkyl halides is 3. The molecule has 0 aliphatic heterocycles. The number of ether oxygens (including phenoxy) is 2. The Morgan fingerprint density at radius 2 is 1.91 bits per heavy atom. The lowest BCUT2D eigenvalue weighted by molar-refractivity contribution is -0.137. The topological polar surface area (TPSA) is 85.4 Å². The molecule has 3 aromatic rings. The average Bonchev–Trinajstić information content (AvgIpc) is 3.15. The number of carbonyl (C=O) groups is 1. The number of nitrogens with one attached hydrogen (secondary N) is 2. The van der Waals surface area contributed by atoms with Gasteiger partial charge < -0.3 is 20.1 Å². The van der Waals surface area contributed by atoms with Gasteiger partial charge in [0, 0.05) is 12.3 Å². The van der Waals surface area contributed by atoms with E-state index in [0.29, 0.717) is 22.0 Å². The van der Waals surface area contributed by atoms with Crippen LogP contribution in [0.3, 0.4) is 0 Å². The molecule has 0 atom stereocenters. The fourth-order valence-corrected chi connectivity index (χ4v) is 4.18. The van der Waals surface area contributed by atoms with Crippen molar-refractivity contribution in [1.82, 2.24) is 9.97 Å². The number of methoxy groups -OCH3 is 2. The van der Waals surface area contributed by atoms with Crippen LogP contribution in [0.2, 0.25) is 0 Å². The van der Waals surface area contributed by atoms with Crippen LogP contribution >= 0.6 is 23.1 Å². The van der Waals surface area contributed by atoms with Crippen LogP contribution in [0.4, 0.5) is 36.2 Å². The molecule has 3 rings (SSSR count). The Bertz CT molecular complexity index is 1140. The van der Waals surface area contributed by atoms with Gasteiger partial charge in [-0.1, -0.05) is 29.2 Å². The van der Waals surface area contributed by atoms with Crippen molar-refractivity contribution in [2.75, 3.05) is 31.1 Å². The summed E-state index contributed by atoms with van der Waals surface area (Å²) >= 11 is 2.29. The number of aryl methyl sites for hydroxylation is 1. The Morgan fingerprint density at radius 1 is 1.16 bits per heavy atom. The van der Waals surface area contributed by atoms with Crippen LogP contribution < -0.4 is 15.4 Å². The predicted molar refractivity (Wildman–Crippen MR) is 119 cm³/mol. The van der Waals surface area contributed by atoms with E-state index in [0.717, 1.165) is 16.9 Å². The van der Waals surface area contributed by atoms with Crippen molar-refractivity contribution >= 4 is 52.1 Å². The Labute approximate surface area is 190 Å². The minimum absolute atomic E-state index is 0.0259. The maximum absolute atomic E-state index is 13.6. The van der Waals surface area contributed by atoms with Gasteiger partial charge in [-0.25, -0.2) is 14.8 Å². The zero-order chi connectivity index (χ0) is 23.5. The number of benzene rings is 1. The summed E-state index contributed by atoms with van der Waals surface area (Å²) < 4.78 is 51.5. The van der Waals surface area contributed by atoms with Gasteiger partial charge in [0.05, 0.1) is 31.2 Å². The molecule has 0 aliphatic rings. The highest BCUT2D eigenvalue weighted by molar-refractivity contribution is 8.00. The number of nitrogens with zero attached hydrogens (tertiary/aromatic N) is 2. The van der Waals surface area contributed by atoms with E-state index in [1.807, 2.05) is 13.0 Å². The van der Waals surface area contributed by atoms with Crippen molar-refractivity contribution in [2.45, 2.75) is 17.4 Å². The number of halogens is 3. The second kappa shape index (κ2) is 9.65. The number of hydrogen-bond donors (Lipinski definition) is 2. The average molecular weight is 485 g/mol. The fourth-order valence-electron chi connectivity index (χ4n) is 2.74. The molecule has 2 heterocycles. The molecule has 0 unspecified atom stereocenters. The van der Waals surface area contributed by atoms with Crippen LogP contribution in [0.15, 0.2) is 34.8 Å². The molecule has 32 heavy (non-hydrogen) atoms. The van der Waals surface area contributed by atoms with Gasteiger partial charge in [-0.15, -0.1) is 0 Å². The summed E-state index contributed by atoms with van der Waals surface area (Å²) in [6, 6.07) is 6.56. The largest absolute Gasteiger partial charge is 0.495 e. The van der Waals surface area contributed by atoms with Crippen LogP contribution in [0.1, 0.15) is 20.8 Å². The van der Waals surface area contributed by atoms with E-state index < -0.39 is 17.7 Å². The predicted octanol–water partition coefficient (Wildman–Crippen LogP) is 5.87. The van der Waals surface area contributed by atoms with Gasteiger partial charge in [0.25, 0.3) is 0 Å². The third kappa shape index (κ3) is 5.25. The highest BCUT2D eigenvalue weighted by Crippen LogP contribution is 2.39. The number of thiazole rings is 1. The molecule has 0 radical (unpaired) electrons. The van der Waals surface area contributed by atoms with E-state index in [1.165, 1.54) is 32.0 Å². The SMILES string of the molecule is COC(=O)c1sc(SC)nc1Nc1cc(Nc2cc(C)ccc2OC)ncc1C(F)(F)F. The summed E-state index contributed by atoms with van der Waals surface area (Å²) in [6.45, 7) is 1.87. The van der Waals surface area contributed by atoms with Crippen molar-refractivity contribution in [3.05, 3.63) is 46.5 Å². The quantitative estimate of drug-likeness (QED) is 0.318. The van der Waals surface area contributed by atoms with Crippen LogP contribution in [0.25, 0.3) is 0 Å². The minimum Gasteiger partial charge on any atom is -0.495 e. The number of hydrogen-bond acceptors (Lipinski definition) is 9. The first-order valence-electron chi connectivity index (χ1n) is 9.05. The Morgan fingerprint density at radius 3 is 2.53 bits per heavy atom. The van der Waals surface area contributed by atoms with Gasteiger partial charge in [-0.3, -0.25) is 0 Å². The van der Waals surface area contributed by atoms with Crippen molar-refractivity contribution in [3.63, 3.8) is 0 Å². The molecule has 2 N–H and O–H groups in total. The number of esters is 1. The van der Waals surface area contributed by atoms with Gasteiger partial charge in [-0.2, -0.15) is 13.2 Å². The lowest BCUT2D eigenvalue weighted by Crippen LogP contribution is -2.12. The number of carbonyl (C=O) groups excluding carboxylic acids is 1. The number of thioether (sulfide) groups is 1. The zero-order valence-electron chi connectivity index (χ0n) is 17.5. The molecule has 0 saturated carbocycles. The maximum atomic E-state index is 13.6. The summed E-state index contributed by atoms with van der Waals surface area (Å²) in [4.78, 5) is 20.3. The lowest BCUT2D eigenvalue weighted by atomic mass is 10.2.